The Hall–Kier alpha value is -2.25. The third-order valence-corrected chi connectivity index (χ3v) is 5.06. The topological polar surface area (TPSA) is 82.5 Å². The highest BCUT2D eigenvalue weighted by Gasteiger charge is 2.26. The van der Waals surface area contributed by atoms with Gasteiger partial charge in [-0.2, -0.15) is 0 Å². The van der Waals surface area contributed by atoms with Crippen LogP contribution < -0.4 is 5.32 Å². The lowest BCUT2D eigenvalue weighted by Gasteiger charge is -2.29. The molecule has 2 heterocycles. The van der Waals surface area contributed by atoms with Gasteiger partial charge < -0.3 is 10.4 Å². The second-order valence-corrected chi connectivity index (χ2v) is 7.36. The predicted octanol–water partition coefficient (Wildman–Crippen LogP) is 2.85. The van der Waals surface area contributed by atoms with Crippen LogP contribution >= 0.6 is 11.3 Å². The number of piperidine rings is 1. The smallest absolute Gasteiger partial charge is 0.307 e. The fourth-order valence-electron chi connectivity index (χ4n) is 3.06. The Morgan fingerprint density at radius 2 is 2.28 bits per heavy atom. The van der Waals surface area contributed by atoms with Crippen molar-refractivity contribution in [2.24, 2.45) is 5.92 Å². The number of carbonyl (C=O) groups is 2. The van der Waals surface area contributed by atoms with Crippen molar-refractivity contribution in [3.8, 4) is 11.3 Å². The highest BCUT2D eigenvalue weighted by atomic mass is 32.1. The summed E-state index contributed by atoms with van der Waals surface area (Å²) in [6.07, 6.45) is 1.49. The summed E-state index contributed by atoms with van der Waals surface area (Å²) in [5, 5.41) is 15.0. The number of nitrogens with one attached hydrogen (secondary N) is 1. The molecule has 0 aliphatic carbocycles. The average Bonchev–Trinajstić information content (AvgIpc) is 3.02. The van der Waals surface area contributed by atoms with Gasteiger partial charge >= 0.3 is 5.97 Å². The van der Waals surface area contributed by atoms with Gasteiger partial charge in [-0.05, 0) is 38.4 Å². The largest absolute Gasteiger partial charge is 0.481 e. The van der Waals surface area contributed by atoms with Gasteiger partial charge in [0.2, 0.25) is 5.91 Å². The number of nitrogens with zero attached hydrogens (tertiary/aromatic N) is 2. The molecule has 1 fully saturated rings. The molecule has 7 heteroatoms. The van der Waals surface area contributed by atoms with Gasteiger partial charge in [-0.25, -0.2) is 4.98 Å². The summed E-state index contributed by atoms with van der Waals surface area (Å²) in [7, 11) is 0. The number of rotatable bonds is 5. The quantitative estimate of drug-likeness (QED) is 0.858. The van der Waals surface area contributed by atoms with Crippen LogP contribution in [0.3, 0.4) is 0 Å². The van der Waals surface area contributed by atoms with E-state index in [1.807, 2.05) is 41.5 Å². The summed E-state index contributed by atoms with van der Waals surface area (Å²) in [5.74, 6) is -1.29. The summed E-state index contributed by atoms with van der Waals surface area (Å²) < 4.78 is 0. The van der Waals surface area contributed by atoms with E-state index in [0.29, 0.717) is 13.0 Å². The van der Waals surface area contributed by atoms with E-state index >= 15 is 0 Å². The molecule has 0 radical (unpaired) electrons. The van der Waals surface area contributed by atoms with Gasteiger partial charge in [0, 0.05) is 23.2 Å². The standard InChI is InChI=1S/C18H21N3O3S/c1-12-19-16(11-25-12)13-4-2-6-15(8-13)20-17(22)10-21-7-3-5-14(9-21)18(23)24/h2,4,6,8,11,14H,3,5,7,9-10H2,1H3,(H,20,22)(H,23,24). The van der Waals surface area contributed by atoms with Crippen LogP contribution in [0.1, 0.15) is 17.8 Å². The lowest BCUT2D eigenvalue weighted by atomic mass is 9.98. The molecule has 2 N–H and O–H groups in total. The van der Waals surface area contributed by atoms with Crippen molar-refractivity contribution in [2.45, 2.75) is 19.8 Å². The Labute approximate surface area is 150 Å². The van der Waals surface area contributed by atoms with Crippen LogP contribution in [0.15, 0.2) is 29.6 Å². The molecule has 1 aliphatic heterocycles. The van der Waals surface area contributed by atoms with Gasteiger partial charge in [0.25, 0.3) is 0 Å². The zero-order valence-electron chi connectivity index (χ0n) is 14.1. The number of carboxylic acids is 1. The minimum Gasteiger partial charge on any atom is -0.481 e. The molecule has 0 bridgehead atoms. The number of likely N-dealkylation sites (tertiary alicyclic amines) is 1. The van der Waals surface area contributed by atoms with Crippen LogP contribution in [0.2, 0.25) is 0 Å². The summed E-state index contributed by atoms with van der Waals surface area (Å²) >= 11 is 1.59. The number of amides is 1. The predicted molar refractivity (Wildman–Crippen MR) is 97.7 cm³/mol. The third-order valence-electron chi connectivity index (χ3n) is 4.28. The van der Waals surface area contributed by atoms with Crippen molar-refractivity contribution in [1.29, 1.82) is 0 Å². The van der Waals surface area contributed by atoms with Crippen molar-refractivity contribution in [1.82, 2.24) is 9.88 Å². The maximum atomic E-state index is 12.3. The van der Waals surface area contributed by atoms with Crippen LogP contribution in [0, 0.1) is 12.8 Å². The molecule has 1 amide bonds. The van der Waals surface area contributed by atoms with Crippen molar-refractivity contribution < 1.29 is 14.7 Å². The first-order valence-corrected chi connectivity index (χ1v) is 9.17. The van der Waals surface area contributed by atoms with Gasteiger partial charge in [-0.3, -0.25) is 14.5 Å². The fourth-order valence-corrected chi connectivity index (χ4v) is 3.68. The Morgan fingerprint density at radius 3 is 3.00 bits per heavy atom. The minimum absolute atomic E-state index is 0.127. The molecule has 1 aliphatic rings. The zero-order valence-corrected chi connectivity index (χ0v) is 14.9. The molecule has 2 aromatic rings. The van der Waals surface area contributed by atoms with Gasteiger partial charge in [-0.15, -0.1) is 11.3 Å². The second kappa shape index (κ2) is 7.76. The summed E-state index contributed by atoms with van der Waals surface area (Å²) in [6.45, 7) is 3.36. The number of hydrogen-bond acceptors (Lipinski definition) is 5. The van der Waals surface area contributed by atoms with Crippen LogP contribution in [0.4, 0.5) is 5.69 Å². The Bertz CT molecular complexity index is 774. The maximum Gasteiger partial charge on any atom is 0.307 e. The number of aromatic nitrogens is 1. The van der Waals surface area contributed by atoms with Crippen molar-refractivity contribution in [3.63, 3.8) is 0 Å². The molecule has 6 nitrogen and oxygen atoms in total. The minimum atomic E-state index is -0.781. The molecule has 1 atom stereocenters. The first-order valence-electron chi connectivity index (χ1n) is 8.29. The van der Waals surface area contributed by atoms with Gasteiger partial charge in [0.15, 0.2) is 0 Å². The van der Waals surface area contributed by atoms with E-state index < -0.39 is 5.97 Å². The third kappa shape index (κ3) is 4.64. The van der Waals surface area contributed by atoms with E-state index in [9.17, 15) is 9.59 Å². The lowest BCUT2D eigenvalue weighted by Crippen LogP contribution is -2.42. The summed E-state index contributed by atoms with van der Waals surface area (Å²) in [6, 6.07) is 7.60. The highest BCUT2D eigenvalue weighted by molar-refractivity contribution is 7.09. The van der Waals surface area contributed by atoms with Gasteiger partial charge in [-0.1, -0.05) is 12.1 Å². The van der Waals surface area contributed by atoms with E-state index in [0.717, 1.165) is 34.9 Å². The monoisotopic (exact) mass is 359 g/mol. The number of benzene rings is 1. The maximum absolute atomic E-state index is 12.3. The Morgan fingerprint density at radius 1 is 1.44 bits per heavy atom. The van der Waals surface area contributed by atoms with E-state index in [1.165, 1.54) is 0 Å². The van der Waals surface area contributed by atoms with Crippen LogP contribution in [0.5, 0.6) is 0 Å². The fraction of sp³-hybridized carbons (Fsp3) is 0.389. The van der Waals surface area contributed by atoms with E-state index in [1.54, 1.807) is 11.3 Å². The Kier molecular flexibility index (Phi) is 5.45. The Balaban J connectivity index is 1.60. The first-order chi connectivity index (χ1) is 12.0. The molecule has 132 valence electrons. The molecule has 1 aromatic heterocycles. The number of aliphatic carboxylic acids is 1. The van der Waals surface area contributed by atoms with Crippen molar-refractivity contribution in [3.05, 3.63) is 34.7 Å². The molecular weight excluding hydrogens is 338 g/mol. The molecule has 0 saturated carbocycles. The van der Waals surface area contributed by atoms with Crippen LogP contribution in [0.25, 0.3) is 11.3 Å². The first kappa shape index (κ1) is 17.6. The number of carboxylic acid groups (broad SMARTS) is 1. The van der Waals surface area contributed by atoms with Gasteiger partial charge in [0.1, 0.15) is 0 Å². The number of anilines is 1. The van der Waals surface area contributed by atoms with E-state index in [-0.39, 0.29) is 18.4 Å². The molecular formula is C18H21N3O3S. The lowest BCUT2D eigenvalue weighted by molar-refractivity contribution is -0.144. The highest BCUT2D eigenvalue weighted by Crippen LogP contribution is 2.24. The zero-order chi connectivity index (χ0) is 17.8. The molecule has 25 heavy (non-hydrogen) atoms. The van der Waals surface area contributed by atoms with Crippen molar-refractivity contribution in [2.75, 3.05) is 25.0 Å². The average molecular weight is 359 g/mol. The molecule has 3 rings (SSSR count). The van der Waals surface area contributed by atoms with E-state index in [2.05, 4.69) is 10.3 Å². The van der Waals surface area contributed by atoms with Crippen LogP contribution in [-0.2, 0) is 9.59 Å². The number of hydrogen-bond donors (Lipinski definition) is 2. The SMILES string of the molecule is Cc1nc(-c2cccc(NC(=O)CN3CCCC(C(=O)O)C3)c2)cs1. The van der Waals surface area contributed by atoms with E-state index in [4.69, 9.17) is 5.11 Å². The van der Waals surface area contributed by atoms with Gasteiger partial charge in [0.05, 0.1) is 23.2 Å². The molecule has 0 spiro atoms. The molecule has 1 aromatic carbocycles. The normalized spacial score (nSPS) is 18.0. The second-order valence-electron chi connectivity index (χ2n) is 6.29. The molecule has 1 saturated heterocycles. The van der Waals surface area contributed by atoms with Crippen molar-refractivity contribution >= 4 is 28.9 Å². The number of carbonyl (C=O) groups excluding carboxylic acids is 1. The molecule has 1 unspecified atom stereocenters. The summed E-state index contributed by atoms with van der Waals surface area (Å²) in [4.78, 5) is 29.8. The van der Waals surface area contributed by atoms with Crippen LogP contribution in [-0.4, -0.2) is 46.5 Å². The number of thiazole rings is 1. The summed E-state index contributed by atoms with van der Waals surface area (Å²) in [5.41, 5.74) is 2.59. The number of aryl methyl sites for hydroxylation is 1.